The third-order valence-corrected chi connectivity index (χ3v) is 7.04. The van der Waals surface area contributed by atoms with Gasteiger partial charge in [-0.1, -0.05) is 24.2 Å². The van der Waals surface area contributed by atoms with E-state index in [1.165, 1.54) is 37.5 Å². The highest BCUT2D eigenvalue weighted by molar-refractivity contribution is 5.99. The van der Waals surface area contributed by atoms with E-state index in [0.717, 1.165) is 31.5 Å². The number of carbonyl (C=O) groups excluding carboxylic acids is 2. The van der Waals surface area contributed by atoms with Gasteiger partial charge in [0.2, 0.25) is 5.89 Å². The first-order valence-electron chi connectivity index (χ1n) is 13.5. The molecule has 12 heteroatoms. The summed E-state index contributed by atoms with van der Waals surface area (Å²) in [6.07, 6.45) is 4.72. The van der Waals surface area contributed by atoms with Crippen molar-refractivity contribution in [3.8, 4) is 11.1 Å². The van der Waals surface area contributed by atoms with E-state index in [9.17, 15) is 14.0 Å². The van der Waals surface area contributed by atoms with Crippen molar-refractivity contribution in [2.45, 2.75) is 52.0 Å². The number of anilines is 1. The monoisotopic (exact) mass is 564 g/mol. The van der Waals surface area contributed by atoms with Crippen LogP contribution in [0.2, 0.25) is 0 Å². The molecule has 4 aromatic rings. The number of piperidine rings is 1. The van der Waals surface area contributed by atoms with Crippen molar-refractivity contribution in [2.24, 2.45) is 0 Å². The third kappa shape index (κ3) is 6.47. The van der Waals surface area contributed by atoms with Gasteiger partial charge in [0, 0.05) is 55.4 Å². The first kappa shape index (κ1) is 28.1. The van der Waals surface area contributed by atoms with Crippen molar-refractivity contribution >= 4 is 28.6 Å². The molecule has 0 aliphatic carbocycles. The van der Waals surface area contributed by atoms with E-state index in [4.69, 9.17) is 4.52 Å². The van der Waals surface area contributed by atoms with Gasteiger partial charge in [0.15, 0.2) is 12.4 Å². The van der Waals surface area contributed by atoms with Crippen LogP contribution < -0.4 is 10.2 Å². The molecule has 1 aliphatic heterocycles. The molecule has 0 bridgehead atoms. The van der Waals surface area contributed by atoms with Crippen molar-refractivity contribution in [3.05, 3.63) is 65.6 Å². The molecule has 0 saturated carbocycles. The highest BCUT2D eigenvalue weighted by atomic mass is 19.1. The molecule has 0 unspecified atom stereocenters. The van der Waals surface area contributed by atoms with Gasteiger partial charge in [-0.2, -0.15) is 4.98 Å². The second-order valence-corrected chi connectivity index (χ2v) is 9.97. The van der Waals surface area contributed by atoms with Crippen LogP contribution in [0.4, 0.5) is 14.6 Å². The summed E-state index contributed by atoms with van der Waals surface area (Å²) >= 11 is 0. The molecular formula is C29H30F2N6O4. The molecule has 2 aromatic heterocycles. The Bertz CT molecular complexity index is 1570. The summed E-state index contributed by atoms with van der Waals surface area (Å²) in [6, 6.07) is 7.18. The molecule has 214 valence electrons. The van der Waals surface area contributed by atoms with Crippen LogP contribution >= 0.6 is 0 Å². The van der Waals surface area contributed by atoms with E-state index in [1.807, 2.05) is 0 Å². The zero-order chi connectivity index (χ0) is 28.9. The Kier molecular flexibility index (Phi) is 8.46. The van der Waals surface area contributed by atoms with Crippen LogP contribution in [0.1, 0.15) is 56.3 Å². The summed E-state index contributed by atoms with van der Waals surface area (Å²) in [6.45, 7) is 4.06. The number of carbonyl (C=O) groups is 2. The highest BCUT2D eigenvalue weighted by Crippen LogP contribution is 2.35. The van der Waals surface area contributed by atoms with Crippen molar-refractivity contribution in [1.82, 2.24) is 25.4 Å². The molecule has 0 atom stereocenters. The number of nitrogens with one attached hydrogen (secondary N) is 1. The van der Waals surface area contributed by atoms with Gasteiger partial charge < -0.3 is 19.5 Å². The van der Waals surface area contributed by atoms with Gasteiger partial charge in [-0.05, 0) is 43.0 Å². The maximum Gasteiger partial charge on any atom is 0.303 e. The van der Waals surface area contributed by atoms with Crippen LogP contribution in [-0.4, -0.2) is 51.7 Å². The minimum atomic E-state index is -0.584. The normalized spacial score (nSPS) is 13.9. The second kappa shape index (κ2) is 12.4. The zero-order valence-electron chi connectivity index (χ0n) is 22.8. The smallest absolute Gasteiger partial charge is 0.303 e. The summed E-state index contributed by atoms with van der Waals surface area (Å²) in [5.74, 6) is -0.0311. The number of esters is 1. The molecule has 1 aliphatic rings. The number of rotatable bonds is 9. The van der Waals surface area contributed by atoms with Gasteiger partial charge in [-0.3, -0.25) is 9.59 Å². The van der Waals surface area contributed by atoms with Crippen LogP contribution in [0.15, 0.2) is 41.2 Å². The number of hydrogen-bond donors (Lipinski definition) is 1. The topological polar surface area (TPSA) is 123 Å². The lowest BCUT2D eigenvalue weighted by atomic mass is 9.95. The number of aromatic nitrogens is 4. The fourth-order valence-corrected chi connectivity index (χ4v) is 4.96. The predicted molar refractivity (Wildman–Crippen MR) is 146 cm³/mol. The van der Waals surface area contributed by atoms with Gasteiger partial charge in [0.1, 0.15) is 23.8 Å². The minimum absolute atomic E-state index is 0.0951. The number of benzene rings is 2. The van der Waals surface area contributed by atoms with Crippen LogP contribution in [-0.2, 0) is 27.3 Å². The number of ether oxygens (including phenoxy) is 1. The Labute approximate surface area is 235 Å². The molecule has 1 N–H and O–H groups in total. The first-order chi connectivity index (χ1) is 19.8. The highest BCUT2D eigenvalue weighted by Gasteiger charge is 2.27. The molecule has 1 fully saturated rings. The first-order valence-corrected chi connectivity index (χ1v) is 13.5. The van der Waals surface area contributed by atoms with Crippen molar-refractivity contribution in [3.63, 3.8) is 0 Å². The van der Waals surface area contributed by atoms with Gasteiger partial charge in [-0.15, -0.1) is 0 Å². The zero-order valence-corrected chi connectivity index (χ0v) is 22.8. The van der Waals surface area contributed by atoms with E-state index in [1.54, 1.807) is 6.07 Å². The Morgan fingerprint density at radius 3 is 2.68 bits per heavy atom. The average Bonchev–Trinajstić information content (AvgIpc) is 3.43. The SMILES string of the molecule is CCCc1nc(C2CCN(c3ncnc4c(-c5ccc(CNC(=O)COC(C)=O)c(F)c5)cc(F)cc34)CC2)no1. The summed E-state index contributed by atoms with van der Waals surface area (Å²) in [5.41, 5.74) is 1.60. The van der Waals surface area contributed by atoms with E-state index in [0.29, 0.717) is 46.8 Å². The number of amides is 1. The number of nitrogens with zero attached hydrogens (tertiary/aromatic N) is 5. The lowest BCUT2D eigenvalue weighted by Gasteiger charge is -2.32. The Morgan fingerprint density at radius 1 is 1.15 bits per heavy atom. The molecule has 1 amide bonds. The molecule has 0 radical (unpaired) electrons. The van der Waals surface area contributed by atoms with Crippen LogP contribution in [0.25, 0.3) is 22.0 Å². The second-order valence-electron chi connectivity index (χ2n) is 9.97. The van der Waals surface area contributed by atoms with Gasteiger partial charge in [0.05, 0.1) is 5.52 Å². The van der Waals surface area contributed by atoms with Gasteiger partial charge >= 0.3 is 5.97 Å². The molecule has 2 aromatic carbocycles. The number of fused-ring (bicyclic) bond motifs is 1. The maximum atomic E-state index is 15.0. The Morgan fingerprint density at radius 2 is 1.95 bits per heavy atom. The molecule has 3 heterocycles. The van der Waals surface area contributed by atoms with Crippen LogP contribution in [0.3, 0.4) is 0 Å². The summed E-state index contributed by atoms with van der Waals surface area (Å²) < 4.78 is 39.9. The summed E-state index contributed by atoms with van der Waals surface area (Å²) in [5, 5.41) is 7.20. The summed E-state index contributed by atoms with van der Waals surface area (Å²) in [4.78, 5) is 38.2. The molecule has 1 saturated heterocycles. The largest absolute Gasteiger partial charge is 0.456 e. The van der Waals surface area contributed by atoms with Crippen molar-refractivity contribution < 1.29 is 27.6 Å². The Balaban J connectivity index is 1.34. The molecule has 5 rings (SSSR count). The van der Waals surface area contributed by atoms with Crippen molar-refractivity contribution in [2.75, 3.05) is 24.6 Å². The number of aryl methyl sites for hydroxylation is 1. The number of hydrogen-bond acceptors (Lipinski definition) is 9. The van der Waals surface area contributed by atoms with Gasteiger partial charge in [0.25, 0.3) is 5.91 Å². The predicted octanol–water partition coefficient (Wildman–Crippen LogP) is 4.47. The number of halogens is 2. The van der Waals surface area contributed by atoms with Gasteiger partial charge in [-0.25, -0.2) is 18.7 Å². The quantitative estimate of drug-likeness (QED) is 0.293. The fourth-order valence-electron chi connectivity index (χ4n) is 4.96. The standard InChI is InChI=1S/C29H30F2N6O4/c1-3-4-26-35-28(36-41-26)18-7-9-37(10-8-18)29-23-13-21(30)12-22(27(23)33-16-34-29)19-5-6-20(24(31)11-19)14-32-25(39)15-40-17(2)38/h5-6,11-13,16,18H,3-4,7-10,14-15H2,1-2H3,(H,32,39). The van der Waals surface area contributed by atoms with E-state index in [2.05, 4.69) is 42.0 Å². The lowest BCUT2D eigenvalue weighted by Crippen LogP contribution is -2.34. The fraction of sp³-hybridized carbons (Fsp3) is 0.379. The van der Waals surface area contributed by atoms with Crippen LogP contribution in [0.5, 0.6) is 0 Å². The molecule has 0 spiro atoms. The minimum Gasteiger partial charge on any atom is -0.456 e. The Hall–Kier alpha value is -4.48. The summed E-state index contributed by atoms with van der Waals surface area (Å²) in [7, 11) is 0. The average molecular weight is 565 g/mol. The molecule has 41 heavy (non-hydrogen) atoms. The van der Waals surface area contributed by atoms with E-state index in [-0.39, 0.29) is 18.0 Å². The van der Waals surface area contributed by atoms with E-state index < -0.39 is 30.1 Å². The van der Waals surface area contributed by atoms with Crippen LogP contribution in [0, 0.1) is 11.6 Å². The molecule has 10 nitrogen and oxygen atoms in total. The van der Waals surface area contributed by atoms with Crippen molar-refractivity contribution in [1.29, 1.82) is 0 Å². The lowest BCUT2D eigenvalue weighted by molar-refractivity contribution is -0.146. The molecular weight excluding hydrogens is 534 g/mol. The third-order valence-electron chi connectivity index (χ3n) is 7.04. The maximum absolute atomic E-state index is 15.0. The van der Waals surface area contributed by atoms with E-state index >= 15 is 4.39 Å².